The fraction of sp³-hybridized carbons (Fsp3) is 0.421. The van der Waals surface area contributed by atoms with Gasteiger partial charge in [0.1, 0.15) is 40.2 Å². The lowest BCUT2D eigenvalue weighted by Crippen LogP contribution is -2.44. The Labute approximate surface area is 319 Å². The fourth-order valence-electron chi connectivity index (χ4n) is 4.66. The van der Waals surface area contributed by atoms with Crippen LogP contribution in [0.1, 0.15) is 58.8 Å². The second-order valence-corrected chi connectivity index (χ2v) is 14.4. The third-order valence-corrected chi connectivity index (χ3v) is 7.74. The standard InChI is InChI=1S/C38H47F3N4O8S/c1-37(2,3)52-35(47)45(36(48)53-38(4,5)6)17-10-18-51-26-20-27(40)32(28(41)21-26)33(54)34(43-24-13-11-23(39)12-14-24)42-22-31(46)44(7)25-15-16-29(49-8)30(19-25)50-9/h11-16,19-21,33,54H,10,17-18,22H2,1-9H3,(H,42,43). The smallest absolute Gasteiger partial charge is 0.419 e. The van der Waals surface area contributed by atoms with Crippen LogP contribution in [0.5, 0.6) is 17.2 Å². The number of carbonyl (C=O) groups excluding carboxylic acids is 3. The third kappa shape index (κ3) is 12.8. The number of ether oxygens (including phenoxy) is 5. The van der Waals surface area contributed by atoms with Crippen molar-refractivity contribution in [3.8, 4) is 17.2 Å². The number of amides is 3. The monoisotopic (exact) mass is 776 g/mol. The van der Waals surface area contributed by atoms with Gasteiger partial charge in [0.05, 0.1) is 38.3 Å². The molecular weight excluding hydrogens is 729 g/mol. The predicted molar refractivity (Wildman–Crippen MR) is 202 cm³/mol. The van der Waals surface area contributed by atoms with Crippen molar-refractivity contribution in [2.75, 3.05) is 45.9 Å². The first-order valence-corrected chi connectivity index (χ1v) is 17.3. The number of nitrogens with one attached hydrogen (secondary N) is 1. The Hall–Kier alpha value is -5.12. The van der Waals surface area contributed by atoms with Crippen LogP contribution in [0.3, 0.4) is 0 Å². The van der Waals surface area contributed by atoms with Crippen molar-refractivity contribution in [3.63, 3.8) is 0 Å². The lowest BCUT2D eigenvalue weighted by atomic mass is 10.1. The summed E-state index contributed by atoms with van der Waals surface area (Å²) in [5.74, 6) is -2.44. The molecule has 1 unspecified atom stereocenters. The van der Waals surface area contributed by atoms with Gasteiger partial charge in [-0.15, -0.1) is 0 Å². The average molecular weight is 777 g/mol. The van der Waals surface area contributed by atoms with Crippen LogP contribution in [-0.4, -0.2) is 81.0 Å². The molecule has 1 N–H and O–H groups in total. The molecule has 0 aliphatic rings. The highest BCUT2D eigenvalue weighted by Crippen LogP contribution is 2.33. The predicted octanol–water partition coefficient (Wildman–Crippen LogP) is 8.02. The van der Waals surface area contributed by atoms with Gasteiger partial charge >= 0.3 is 12.2 Å². The van der Waals surface area contributed by atoms with E-state index in [-0.39, 0.29) is 43.4 Å². The second kappa shape index (κ2) is 18.8. The fourth-order valence-corrected chi connectivity index (χ4v) is 5.06. The minimum atomic E-state index is -1.36. The van der Waals surface area contributed by atoms with Crippen molar-refractivity contribution >= 4 is 47.9 Å². The zero-order valence-electron chi connectivity index (χ0n) is 31.8. The number of nitrogens with zero attached hydrogens (tertiary/aromatic N) is 3. The number of aliphatic imine (C=N–C) groups is 1. The molecule has 0 spiro atoms. The van der Waals surface area contributed by atoms with Gasteiger partial charge in [0, 0.05) is 43.0 Å². The van der Waals surface area contributed by atoms with E-state index in [2.05, 4.69) is 22.9 Å². The van der Waals surface area contributed by atoms with Gasteiger partial charge in [0.2, 0.25) is 5.91 Å². The van der Waals surface area contributed by atoms with Gasteiger partial charge in [0.15, 0.2) is 11.5 Å². The minimum absolute atomic E-state index is 0.0723. The number of hydrogen-bond donors (Lipinski definition) is 2. The van der Waals surface area contributed by atoms with E-state index in [1.165, 1.54) is 38.3 Å². The van der Waals surface area contributed by atoms with Crippen LogP contribution < -0.4 is 24.4 Å². The molecule has 0 saturated heterocycles. The summed E-state index contributed by atoms with van der Waals surface area (Å²) in [5, 5.41) is 1.48. The number of anilines is 1. The highest BCUT2D eigenvalue weighted by atomic mass is 32.1. The van der Waals surface area contributed by atoms with Crippen molar-refractivity contribution in [1.29, 1.82) is 0 Å². The highest BCUT2D eigenvalue weighted by Gasteiger charge is 2.31. The van der Waals surface area contributed by atoms with E-state index in [9.17, 15) is 18.8 Å². The van der Waals surface area contributed by atoms with E-state index in [1.807, 2.05) is 0 Å². The molecule has 0 aliphatic carbocycles. The molecule has 3 aromatic rings. The van der Waals surface area contributed by atoms with Gasteiger partial charge in [-0.1, -0.05) is 0 Å². The number of rotatable bonds is 13. The number of imide groups is 1. The Morgan fingerprint density at radius 2 is 1.39 bits per heavy atom. The summed E-state index contributed by atoms with van der Waals surface area (Å²) >= 11 is 4.48. The first-order valence-electron chi connectivity index (χ1n) is 16.8. The van der Waals surface area contributed by atoms with Crippen LogP contribution in [0.4, 0.5) is 34.1 Å². The second-order valence-electron chi connectivity index (χ2n) is 13.8. The van der Waals surface area contributed by atoms with Gasteiger partial charge in [-0.25, -0.2) is 32.7 Å². The SMILES string of the molecule is COc1ccc(N(C)C(=O)CN/C(=N\c2ccc(F)cc2)C(S)c2c(F)cc(OCCCN(C(=O)OC(C)(C)C)C(=O)OC(C)(C)C)cc2F)cc1OC. The summed E-state index contributed by atoms with van der Waals surface area (Å²) in [7, 11) is 4.48. The van der Waals surface area contributed by atoms with E-state index in [1.54, 1.807) is 59.7 Å². The van der Waals surface area contributed by atoms with Crippen LogP contribution in [0.2, 0.25) is 0 Å². The van der Waals surface area contributed by atoms with E-state index >= 15 is 8.78 Å². The molecule has 16 heteroatoms. The van der Waals surface area contributed by atoms with E-state index in [0.29, 0.717) is 17.2 Å². The van der Waals surface area contributed by atoms with Crippen LogP contribution in [0, 0.1) is 17.5 Å². The summed E-state index contributed by atoms with van der Waals surface area (Å²) in [5.41, 5.74) is -1.56. The Balaban J connectivity index is 1.78. The molecule has 3 amide bonds. The maximum absolute atomic E-state index is 15.6. The van der Waals surface area contributed by atoms with Crippen molar-refractivity contribution in [3.05, 3.63) is 77.6 Å². The maximum Gasteiger partial charge on any atom is 0.419 e. The van der Waals surface area contributed by atoms with Crippen molar-refractivity contribution < 1.29 is 51.2 Å². The van der Waals surface area contributed by atoms with Crippen LogP contribution in [-0.2, 0) is 14.3 Å². The number of benzene rings is 3. The molecule has 0 saturated carbocycles. The normalized spacial score (nSPS) is 12.4. The first-order chi connectivity index (χ1) is 25.2. The van der Waals surface area contributed by atoms with Gasteiger partial charge in [-0.05, 0) is 84.4 Å². The lowest BCUT2D eigenvalue weighted by molar-refractivity contribution is -0.117. The molecule has 3 aromatic carbocycles. The zero-order chi connectivity index (χ0) is 40.4. The Morgan fingerprint density at radius 3 is 1.91 bits per heavy atom. The number of thiol groups is 1. The zero-order valence-corrected chi connectivity index (χ0v) is 32.7. The van der Waals surface area contributed by atoms with Gasteiger partial charge in [-0.3, -0.25) is 4.79 Å². The summed E-state index contributed by atoms with van der Waals surface area (Å²) in [4.78, 5) is 45.3. The highest BCUT2D eigenvalue weighted by molar-refractivity contribution is 7.81. The van der Waals surface area contributed by atoms with Crippen LogP contribution in [0.15, 0.2) is 59.6 Å². The molecule has 1 atom stereocenters. The Kier molecular flexibility index (Phi) is 15.0. The quantitative estimate of drug-likeness (QED) is 0.0768. The molecule has 0 aliphatic heterocycles. The van der Waals surface area contributed by atoms with Gasteiger partial charge in [0.25, 0.3) is 0 Å². The minimum Gasteiger partial charge on any atom is -0.493 e. The van der Waals surface area contributed by atoms with Crippen molar-refractivity contribution in [1.82, 2.24) is 10.2 Å². The molecule has 0 aromatic heterocycles. The molecule has 12 nitrogen and oxygen atoms in total. The van der Waals surface area contributed by atoms with Gasteiger partial charge in [-0.2, -0.15) is 12.6 Å². The van der Waals surface area contributed by atoms with Crippen LogP contribution in [0.25, 0.3) is 0 Å². The first kappa shape index (κ1) is 43.3. The molecule has 3 rings (SSSR count). The average Bonchev–Trinajstić information content (AvgIpc) is 3.07. The van der Waals surface area contributed by atoms with E-state index < -0.39 is 57.6 Å². The Bertz CT molecular complexity index is 1760. The van der Waals surface area contributed by atoms with Gasteiger partial charge < -0.3 is 33.9 Å². The van der Waals surface area contributed by atoms with Crippen molar-refractivity contribution in [2.45, 2.75) is 64.4 Å². The molecule has 0 bridgehead atoms. The summed E-state index contributed by atoms with van der Waals surface area (Å²) < 4.78 is 71.7. The molecular formula is C38H47F3N4O8S. The summed E-state index contributed by atoms with van der Waals surface area (Å²) in [6, 6.07) is 11.8. The molecule has 0 heterocycles. The number of halogens is 3. The lowest BCUT2D eigenvalue weighted by Gasteiger charge is -2.28. The topological polar surface area (TPSA) is 128 Å². The number of likely N-dealkylation sites (N-methyl/N-ethyl adjacent to an activating group) is 1. The van der Waals surface area contributed by atoms with Crippen LogP contribution >= 0.6 is 12.6 Å². The summed E-state index contributed by atoms with van der Waals surface area (Å²) in [6.45, 7) is 9.23. The number of hydrogen-bond acceptors (Lipinski definition) is 10. The largest absolute Gasteiger partial charge is 0.493 e. The molecule has 0 radical (unpaired) electrons. The van der Waals surface area contributed by atoms with E-state index in [0.717, 1.165) is 29.2 Å². The number of methoxy groups -OCH3 is 2. The van der Waals surface area contributed by atoms with E-state index in [4.69, 9.17) is 23.7 Å². The third-order valence-electron chi connectivity index (χ3n) is 7.23. The number of amidine groups is 1. The summed E-state index contributed by atoms with van der Waals surface area (Å²) in [6.07, 6.45) is -1.76. The Morgan fingerprint density at radius 1 is 0.833 bits per heavy atom. The maximum atomic E-state index is 15.6. The molecule has 54 heavy (non-hydrogen) atoms. The molecule has 294 valence electrons. The number of carbonyl (C=O) groups is 3. The molecule has 0 fully saturated rings. The van der Waals surface area contributed by atoms with Crippen molar-refractivity contribution in [2.24, 2.45) is 4.99 Å².